The van der Waals surface area contributed by atoms with Crippen molar-refractivity contribution in [1.29, 1.82) is 0 Å². The highest BCUT2D eigenvalue weighted by atomic mass is 16.5. The molecule has 0 aromatic heterocycles. The fourth-order valence-corrected chi connectivity index (χ4v) is 3.28. The van der Waals surface area contributed by atoms with E-state index in [4.69, 9.17) is 9.47 Å². The number of ether oxygens (including phenoxy) is 2. The Kier molecular flexibility index (Phi) is 6.91. The van der Waals surface area contributed by atoms with E-state index in [1.54, 1.807) is 19.1 Å². The maximum absolute atomic E-state index is 12.4. The summed E-state index contributed by atoms with van der Waals surface area (Å²) in [6.07, 6.45) is 3.14. The van der Waals surface area contributed by atoms with Crippen LogP contribution in [0.25, 0.3) is 0 Å². The average Bonchev–Trinajstić information content (AvgIpc) is 2.59. The number of likely N-dealkylation sites (tertiary alicyclic amines) is 1. The third kappa shape index (κ3) is 5.13. The summed E-state index contributed by atoms with van der Waals surface area (Å²) in [5.41, 5.74) is 1.04. The quantitative estimate of drug-likeness (QED) is 0.769. The number of carbonyl (C=O) groups is 1. The van der Waals surface area contributed by atoms with Gasteiger partial charge < -0.3 is 19.3 Å². The molecule has 1 amide bonds. The van der Waals surface area contributed by atoms with Crippen molar-refractivity contribution in [2.75, 3.05) is 40.9 Å². The molecule has 1 aliphatic heterocycles. The number of nitrogens with zero attached hydrogens (tertiary/aromatic N) is 2. The number of hydrogen-bond donors (Lipinski definition) is 0. The Bertz CT molecular complexity index is 547. The van der Waals surface area contributed by atoms with Crippen LogP contribution in [-0.2, 0) is 11.3 Å². The second-order valence-electron chi connectivity index (χ2n) is 6.74. The monoisotopic (exact) mass is 334 g/mol. The molecular weight excluding hydrogens is 304 g/mol. The van der Waals surface area contributed by atoms with E-state index >= 15 is 0 Å². The normalized spacial score (nSPS) is 18.2. The summed E-state index contributed by atoms with van der Waals surface area (Å²) < 4.78 is 10.6. The predicted octanol–water partition coefficient (Wildman–Crippen LogP) is 2.78. The Hall–Kier alpha value is -1.75. The second-order valence-corrected chi connectivity index (χ2v) is 6.74. The third-order valence-electron chi connectivity index (χ3n) is 4.68. The SMILES string of the molecule is COc1ccc(CN(C)C(=O)CCN2CCCC(C)C2)cc1OC. The van der Waals surface area contributed by atoms with E-state index in [1.165, 1.54) is 12.8 Å². The van der Waals surface area contributed by atoms with E-state index in [0.717, 1.165) is 31.1 Å². The molecule has 0 spiro atoms. The molecule has 1 aromatic carbocycles. The Morgan fingerprint density at radius 1 is 1.29 bits per heavy atom. The molecule has 5 heteroatoms. The van der Waals surface area contributed by atoms with Gasteiger partial charge in [0.2, 0.25) is 5.91 Å². The maximum Gasteiger partial charge on any atom is 0.223 e. The van der Waals surface area contributed by atoms with Gasteiger partial charge in [-0.05, 0) is 43.0 Å². The number of piperidine rings is 1. The average molecular weight is 334 g/mol. The van der Waals surface area contributed by atoms with E-state index in [1.807, 2.05) is 25.2 Å². The summed E-state index contributed by atoms with van der Waals surface area (Å²) in [7, 11) is 5.10. The minimum absolute atomic E-state index is 0.183. The van der Waals surface area contributed by atoms with Gasteiger partial charge >= 0.3 is 0 Å². The van der Waals surface area contributed by atoms with Crippen molar-refractivity contribution >= 4 is 5.91 Å². The van der Waals surface area contributed by atoms with Gasteiger partial charge in [0.15, 0.2) is 11.5 Å². The summed E-state index contributed by atoms with van der Waals surface area (Å²) >= 11 is 0. The van der Waals surface area contributed by atoms with E-state index in [0.29, 0.717) is 24.5 Å². The van der Waals surface area contributed by atoms with Gasteiger partial charge in [0.1, 0.15) is 0 Å². The Morgan fingerprint density at radius 3 is 2.71 bits per heavy atom. The van der Waals surface area contributed by atoms with Crippen molar-refractivity contribution in [2.45, 2.75) is 32.7 Å². The molecule has 1 unspecified atom stereocenters. The van der Waals surface area contributed by atoms with Crippen molar-refractivity contribution in [3.63, 3.8) is 0 Å². The van der Waals surface area contributed by atoms with Crippen LogP contribution in [0.5, 0.6) is 11.5 Å². The molecule has 2 rings (SSSR count). The maximum atomic E-state index is 12.4. The molecule has 0 N–H and O–H groups in total. The van der Waals surface area contributed by atoms with Crippen LogP contribution < -0.4 is 9.47 Å². The number of amides is 1. The van der Waals surface area contributed by atoms with Gasteiger partial charge in [-0.15, -0.1) is 0 Å². The first-order valence-corrected chi connectivity index (χ1v) is 8.70. The molecule has 1 aliphatic rings. The first kappa shape index (κ1) is 18.6. The molecule has 0 radical (unpaired) electrons. The molecule has 5 nitrogen and oxygen atoms in total. The molecule has 0 aliphatic carbocycles. The van der Waals surface area contributed by atoms with E-state index < -0.39 is 0 Å². The lowest BCUT2D eigenvalue weighted by atomic mass is 10.0. The third-order valence-corrected chi connectivity index (χ3v) is 4.68. The molecule has 1 heterocycles. The van der Waals surface area contributed by atoms with Crippen molar-refractivity contribution in [2.24, 2.45) is 5.92 Å². The van der Waals surface area contributed by atoms with Gasteiger partial charge in [-0.25, -0.2) is 0 Å². The number of benzene rings is 1. The number of methoxy groups -OCH3 is 2. The smallest absolute Gasteiger partial charge is 0.223 e. The molecule has 24 heavy (non-hydrogen) atoms. The molecule has 1 atom stereocenters. The number of carbonyl (C=O) groups excluding carboxylic acids is 1. The first-order chi connectivity index (χ1) is 11.5. The molecule has 1 saturated heterocycles. The van der Waals surface area contributed by atoms with Crippen LogP contribution in [0.1, 0.15) is 31.7 Å². The van der Waals surface area contributed by atoms with E-state index in [9.17, 15) is 4.79 Å². The first-order valence-electron chi connectivity index (χ1n) is 8.70. The fourth-order valence-electron chi connectivity index (χ4n) is 3.28. The zero-order chi connectivity index (χ0) is 17.5. The van der Waals surface area contributed by atoms with Gasteiger partial charge in [-0.3, -0.25) is 4.79 Å². The Labute approximate surface area is 145 Å². The molecule has 1 fully saturated rings. The van der Waals surface area contributed by atoms with Crippen molar-refractivity contribution in [1.82, 2.24) is 9.80 Å². The number of hydrogen-bond acceptors (Lipinski definition) is 4. The number of rotatable bonds is 7. The zero-order valence-electron chi connectivity index (χ0n) is 15.4. The van der Waals surface area contributed by atoms with Gasteiger partial charge in [-0.1, -0.05) is 13.0 Å². The molecule has 134 valence electrons. The van der Waals surface area contributed by atoms with Crippen LogP contribution in [0.2, 0.25) is 0 Å². The van der Waals surface area contributed by atoms with Gasteiger partial charge in [0.05, 0.1) is 14.2 Å². The van der Waals surface area contributed by atoms with Crippen LogP contribution in [0.3, 0.4) is 0 Å². The highest BCUT2D eigenvalue weighted by Gasteiger charge is 2.18. The largest absolute Gasteiger partial charge is 0.493 e. The van der Waals surface area contributed by atoms with Crippen molar-refractivity contribution in [3.05, 3.63) is 23.8 Å². The van der Waals surface area contributed by atoms with Gasteiger partial charge in [0.25, 0.3) is 0 Å². The van der Waals surface area contributed by atoms with Gasteiger partial charge in [0, 0.05) is 33.1 Å². The molecular formula is C19H30N2O3. The van der Waals surface area contributed by atoms with Crippen LogP contribution >= 0.6 is 0 Å². The standard InChI is InChI=1S/C19H30N2O3/c1-15-6-5-10-21(13-15)11-9-19(22)20(2)14-16-7-8-17(23-3)18(12-16)24-4/h7-8,12,15H,5-6,9-11,13-14H2,1-4H3. The second kappa shape index (κ2) is 8.92. The lowest BCUT2D eigenvalue weighted by Crippen LogP contribution is -2.37. The summed E-state index contributed by atoms with van der Waals surface area (Å²) in [4.78, 5) is 16.6. The minimum atomic E-state index is 0.183. The van der Waals surface area contributed by atoms with Crippen molar-refractivity contribution in [3.8, 4) is 11.5 Å². The Morgan fingerprint density at radius 2 is 2.04 bits per heavy atom. The summed E-state index contributed by atoms with van der Waals surface area (Å²) in [6, 6.07) is 5.77. The zero-order valence-corrected chi connectivity index (χ0v) is 15.4. The highest BCUT2D eigenvalue weighted by molar-refractivity contribution is 5.76. The lowest BCUT2D eigenvalue weighted by Gasteiger charge is -2.31. The highest BCUT2D eigenvalue weighted by Crippen LogP contribution is 2.28. The van der Waals surface area contributed by atoms with Crippen LogP contribution in [0.15, 0.2) is 18.2 Å². The summed E-state index contributed by atoms with van der Waals surface area (Å²) in [6.45, 7) is 5.97. The molecule has 1 aromatic rings. The lowest BCUT2D eigenvalue weighted by molar-refractivity contribution is -0.130. The topological polar surface area (TPSA) is 42.0 Å². The van der Waals surface area contributed by atoms with Crippen LogP contribution in [0, 0.1) is 5.92 Å². The van der Waals surface area contributed by atoms with Crippen molar-refractivity contribution < 1.29 is 14.3 Å². The summed E-state index contributed by atoms with van der Waals surface area (Å²) in [5, 5.41) is 0. The molecule has 0 saturated carbocycles. The fraction of sp³-hybridized carbons (Fsp3) is 0.632. The minimum Gasteiger partial charge on any atom is -0.493 e. The van der Waals surface area contributed by atoms with E-state index in [-0.39, 0.29) is 5.91 Å². The van der Waals surface area contributed by atoms with Gasteiger partial charge in [-0.2, -0.15) is 0 Å². The van der Waals surface area contributed by atoms with Crippen LogP contribution in [-0.4, -0.2) is 56.6 Å². The van der Waals surface area contributed by atoms with E-state index in [2.05, 4.69) is 11.8 Å². The van der Waals surface area contributed by atoms with Crippen LogP contribution in [0.4, 0.5) is 0 Å². The summed E-state index contributed by atoms with van der Waals surface area (Å²) in [5.74, 6) is 2.33. The predicted molar refractivity (Wildman–Crippen MR) is 95.5 cm³/mol. The molecule has 0 bridgehead atoms. The Balaban J connectivity index is 1.84.